The molecule has 186 valence electrons. The zero-order valence-corrected chi connectivity index (χ0v) is 20.0. The third kappa shape index (κ3) is 7.39. The van der Waals surface area contributed by atoms with E-state index in [1.165, 1.54) is 24.3 Å². The van der Waals surface area contributed by atoms with Crippen molar-refractivity contribution in [2.45, 2.75) is 44.5 Å². The number of hydrogen-bond donors (Lipinski definition) is 0. The van der Waals surface area contributed by atoms with Gasteiger partial charge in [0.1, 0.15) is 5.82 Å². The first-order valence-corrected chi connectivity index (χ1v) is 11.4. The number of halogens is 4. The Labute approximate surface area is 203 Å². The van der Waals surface area contributed by atoms with Crippen LogP contribution in [0.2, 0.25) is 0 Å². The normalized spacial score (nSPS) is 13.5. The molecule has 0 heterocycles. The number of ether oxygens (including phenoxy) is 1. The minimum absolute atomic E-state index is 0.0290. The molecule has 0 aliphatic heterocycles. The van der Waals surface area contributed by atoms with Crippen LogP contribution in [-0.2, 0) is 28.5 Å². The van der Waals surface area contributed by atoms with E-state index in [0.29, 0.717) is 5.56 Å². The van der Waals surface area contributed by atoms with Crippen LogP contribution < -0.4 is 0 Å². The number of esters is 1. The predicted octanol–water partition coefficient (Wildman–Crippen LogP) is 6.54. The first-order valence-electron chi connectivity index (χ1n) is 11.4. The highest BCUT2D eigenvalue weighted by atomic mass is 19.4. The second-order valence-corrected chi connectivity index (χ2v) is 8.89. The van der Waals surface area contributed by atoms with Crippen LogP contribution in [-0.4, -0.2) is 31.2 Å². The van der Waals surface area contributed by atoms with Gasteiger partial charge in [0.05, 0.1) is 12.0 Å². The van der Waals surface area contributed by atoms with E-state index in [2.05, 4.69) is 0 Å². The predicted molar refractivity (Wildman–Crippen MR) is 127 cm³/mol. The smallest absolute Gasteiger partial charge is 0.416 e. The van der Waals surface area contributed by atoms with Gasteiger partial charge < -0.3 is 4.74 Å². The fourth-order valence-electron chi connectivity index (χ4n) is 4.12. The van der Waals surface area contributed by atoms with E-state index >= 15 is 0 Å². The number of alkyl halides is 3. The number of carbonyl (C=O) groups is 1. The summed E-state index contributed by atoms with van der Waals surface area (Å²) in [6, 6.07) is 19.0. The van der Waals surface area contributed by atoms with Crippen molar-refractivity contribution >= 4 is 5.97 Å². The van der Waals surface area contributed by atoms with Crippen LogP contribution in [0, 0.1) is 12.7 Å². The summed E-state index contributed by atoms with van der Waals surface area (Å²) in [7, 11) is 3.39. The molecule has 35 heavy (non-hydrogen) atoms. The van der Waals surface area contributed by atoms with Crippen molar-refractivity contribution in [2.75, 3.05) is 14.1 Å². The topological polar surface area (TPSA) is 29.5 Å². The van der Waals surface area contributed by atoms with Gasteiger partial charge in [0.15, 0.2) is 6.23 Å². The molecule has 0 aromatic heterocycles. The highest BCUT2D eigenvalue weighted by Gasteiger charge is 2.36. The van der Waals surface area contributed by atoms with Crippen molar-refractivity contribution in [1.29, 1.82) is 0 Å². The monoisotopic (exact) mass is 487 g/mol. The number of nitrogens with zero attached hydrogens (tertiary/aromatic N) is 1. The Morgan fingerprint density at radius 3 is 2.29 bits per heavy atom. The lowest BCUT2D eigenvalue weighted by molar-refractivity contribution is -0.157. The largest absolute Gasteiger partial charge is 0.446 e. The Balaban J connectivity index is 1.93. The van der Waals surface area contributed by atoms with Gasteiger partial charge in [-0.2, -0.15) is 13.2 Å². The molecule has 2 atom stereocenters. The maximum Gasteiger partial charge on any atom is 0.416 e. The second kappa shape index (κ2) is 11.5. The van der Waals surface area contributed by atoms with E-state index in [1.807, 2.05) is 18.2 Å². The van der Waals surface area contributed by atoms with E-state index in [-0.39, 0.29) is 24.8 Å². The molecule has 3 aromatic rings. The molecule has 0 aliphatic rings. The standard InChI is InChI=1S/C28H29F4NO2/c1-19-13-14-25(29)22(15-19)17-21(23-11-7-8-12-24(23)28(30,31)32)18-26(33(2)3)35-27(34)16-20-9-5-4-6-10-20/h4-15,21,26H,16-18H2,1-3H3. The highest BCUT2D eigenvalue weighted by molar-refractivity contribution is 5.72. The lowest BCUT2D eigenvalue weighted by Gasteiger charge is -2.30. The molecule has 0 N–H and O–H groups in total. The van der Waals surface area contributed by atoms with Gasteiger partial charge in [0.2, 0.25) is 0 Å². The Kier molecular flexibility index (Phi) is 8.67. The first-order chi connectivity index (χ1) is 16.5. The van der Waals surface area contributed by atoms with Crippen LogP contribution in [0.15, 0.2) is 72.8 Å². The molecule has 0 bridgehead atoms. The van der Waals surface area contributed by atoms with Crippen molar-refractivity contribution in [3.05, 3.63) is 106 Å². The zero-order valence-electron chi connectivity index (χ0n) is 20.0. The third-order valence-corrected chi connectivity index (χ3v) is 5.89. The minimum Gasteiger partial charge on any atom is -0.446 e. The Morgan fingerprint density at radius 1 is 0.971 bits per heavy atom. The maximum atomic E-state index is 14.6. The lowest BCUT2D eigenvalue weighted by Crippen LogP contribution is -2.35. The van der Waals surface area contributed by atoms with E-state index < -0.39 is 35.7 Å². The van der Waals surface area contributed by atoms with Gasteiger partial charge >= 0.3 is 12.1 Å². The summed E-state index contributed by atoms with van der Waals surface area (Å²) in [6.45, 7) is 1.80. The van der Waals surface area contributed by atoms with E-state index in [4.69, 9.17) is 4.74 Å². The van der Waals surface area contributed by atoms with Crippen LogP contribution in [0.1, 0.15) is 40.2 Å². The van der Waals surface area contributed by atoms with Crippen LogP contribution >= 0.6 is 0 Å². The number of hydrogen-bond acceptors (Lipinski definition) is 3. The van der Waals surface area contributed by atoms with Crippen molar-refractivity contribution in [2.24, 2.45) is 0 Å². The molecule has 0 amide bonds. The van der Waals surface area contributed by atoms with Crippen LogP contribution in [0.5, 0.6) is 0 Å². The molecule has 0 saturated heterocycles. The molecule has 3 nitrogen and oxygen atoms in total. The molecular weight excluding hydrogens is 458 g/mol. The van der Waals surface area contributed by atoms with Crippen molar-refractivity contribution in [1.82, 2.24) is 4.90 Å². The molecule has 3 rings (SSSR count). The number of carbonyl (C=O) groups excluding carboxylic acids is 1. The molecule has 7 heteroatoms. The van der Waals surface area contributed by atoms with Gasteiger partial charge in [0.25, 0.3) is 0 Å². The zero-order chi connectivity index (χ0) is 25.6. The van der Waals surface area contributed by atoms with Crippen molar-refractivity contribution in [3.8, 4) is 0 Å². The van der Waals surface area contributed by atoms with Crippen LogP contribution in [0.25, 0.3) is 0 Å². The molecule has 3 aromatic carbocycles. The number of rotatable bonds is 9. The third-order valence-electron chi connectivity index (χ3n) is 5.89. The Morgan fingerprint density at radius 2 is 1.63 bits per heavy atom. The Bertz CT molecular complexity index is 1130. The average molecular weight is 488 g/mol. The van der Waals surface area contributed by atoms with Gasteiger partial charge in [-0.3, -0.25) is 9.69 Å². The molecule has 0 saturated carbocycles. The van der Waals surface area contributed by atoms with Gasteiger partial charge in [0, 0.05) is 6.42 Å². The summed E-state index contributed by atoms with van der Waals surface area (Å²) in [4.78, 5) is 14.3. The lowest BCUT2D eigenvalue weighted by atomic mass is 9.85. The van der Waals surface area contributed by atoms with Crippen molar-refractivity contribution in [3.63, 3.8) is 0 Å². The molecule has 2 unspecified atom stereocenters. The van der Waals surface area contributed by atoms with Gasteiger partial charge in [-0.1, -0.05) is 66.2 Å². The molecular formula is C28H29F4NO2. The minimum atomic E-state index is -4.57. The summed E-state index contributed by atoms with van der Waals surface area (Å²) in [6.07, 6.45) is -5.24. The Hall–Kier alpha value is -3.19. The second-order valence-electron chi connectivity index (χ2n) is 8.89. The number of aryl methyl sites for hydroxylation is 1. The van der Waals surface area contributed by atoms with E-state index in [1.54, 1.807) is 50.2 Å². The van der Waals surface area contributed by atoms with Crippen molar-refractivity contribution < 1.29 is 27.1 Å². The highest BCUT2D eigenvalue weighted by Crippen LogP contribution is 2.38. The molecule has 0 fully saturated rings. The van der Waals surface area contributed by atoms with Gasteiger partial charge in [-0.05, 0) is 62.2 Å². The summed E-state index contributed by atoms with van der Waals surface area (Å²) in [5.74, 6) is -1.71. The summed E-state index contributed by atoms with van der Waals surface area (Å²) in [5, 5.41) is 0. The van der Waals surface area contributed by atoms with Gasteiger partial charge in [-0.15, -0.1) is 0 Å². The first kappa shape index (κ1) is 26.4. The quantitative estimate of drug-likeness (QED) is 0.195. The maximum absolute atomic E-state index is 14.6. The van der Waals surface area contributed by atoms with E-state index in [9.17, 15) is 22.4 Å². The SMILES string of the molecule is Cc1ccc(F)c(CC(CC(OC(=O)Cc2ccccc2)N(C)C)c2ccccc2C(F)(F)F)c1. The summed E-state index contributed by atoms with van der Waals surface area (Å²) >= 11 is 0. The fraction of sp³-hybridized carbons (Fsp3) is 0.321. The molecule has 0 radical (unpaired) electrons. The molecule has 0 spiro atoms. The number of benzene rings is 3. The summed E-state index contributed by atoms with van der Waals surface area (Å²) in [5.41, 5.74) is 1.18. The van der Waals surface area contributed by atoms with E-state index in [0.717, 1.165) is 17.2 Å². The molecule has 0 aliphatic carbocycles. The van der Waals surface area contributed by atoms with Gasteiger partial charge in [-0.25, -0.2) is 4.39 Å². The van der Waals surface area contributed by atoms with Crippen LogP contribution in [0.3, 0.4) is 0 Å². The summed E-state index contributed by atoms with van der Waals surface area (Å²) < 4.78 is 61.9. The fourth-order valence-corrected chi connectivity index (χ4v) is 4.12. The average Bonchev–Trinajstić information content (AvgIpc) is 2.80. The van der Waals surface area contributed by atoms with Crippen LogP contribution in [0.4, 0.5) is 17.6 Å².